The molecule has 0 saturated carbocycles. The fourth-order valence-electron chi connectivity index (χ4n) is 2.30. The van der Waals surface area contributed by atoms with Crippen LogP contribution in [0.3, 0.4) is 0 Å². The van der Waals surface area contributed by atoms with Gasteiger partial charge in [-0.2, -0.15) is 13.2 Å². The molecule has 0 saturated heterocycles. The largest absolute Gasteiger partial charge is 0.417 e. The van der Waals surface area contributed by atoms with Gasteiger partial charge in [-0.05, 0) is 35.9 Å². The second-order valence-electron chi connectivity index (χ2n) is 6.19. The lowest BCUT2D eigenvalue weighted by Gasteiger charge is -2.12. The molecule has 0 atom stereocenters. The van der Waals surface area contributed by atoms with Crippen molar-refractivity contribution in [2.45, 2.75) is 23.9 Å². The van der Waals surface area contributed by atoms with Gasteiger partial charge in [0.1, 0.15) is 0 Å². The van der Waals surface area contributed by atoms with E-state index < -0.39 is 50.0 Å². The average Bonchev–Trinajstić information content (AvgIpc) is 2.67. The standard InChI is InChI=1S/C18H16Cl2F3N3O4S/c19-12-3-1-11(2-4-12)9-17(28)26-25-16(27)7-8-24-31(29,30)13-5-6-15(20)14(10-13)18(21,22)23/h1-6,10,24H,7-9H2,(H,25,27)(H,26,28). The van der Waals surface area contributed by atoms with Gasteiger partial charge in [0.05, 0.1) is 21.9 Å². The minimum Gasteiger partial charge on any atom is -0.273 e. The van der Waals surface area contributed by atoms with Gasteiger partial charge in [-0.25, -0.2) is 13.1 Å². The van der Waals surface area contributed by atoms with E-state index in [2.05, 4.69) is 10.9 Å². The summed E-state index contributed by atoms with van der Waals surface area (Å²) in [6.07, 6.45) is -5.23. The van der Waals surface area contributed by atoms with E-state index in [0.717, 1.165) is 12.1 Å². The first-order valence-corrected chi connectivity index (χ1v) is 10.8. The van der Waals surface area contributed by atoms with E-state index in [1.54, 1.807) is 24.3 Å². The first-order valence-electron chi connectivity index (χ1n) is 8.57. The first-order chi connectivity index (χ1) is 14.4. The van der Waals surface area contributed by atoms with Crippen molar-refractivity contribution in [3.63, 3.8) is 0 Å². The van der Waals surface area contributed by atoms with E-state index in [0.29, 0.717) is 16.7 Å². The van der Waals surface area contributed by atoms with Crippen LogP contribution in [0.15, 0.2) is 47.4 Å². The van der Waals surface area contributed by atoms with E-state index in [1.165, 1.54) is 0 Å². The van der Waals surface area contributed by atoms with Crippen LogP contribution in [-0.4, -0.2) is 26.8 Å². The van der Waals surface area contributed by atoms with Gasteiger partial charge in [0.2, 0.25) is 21.8 Å². The lowest BCUT2D eigenvalue weighted by molar-refractivity contribution is -0.137. The zero-order valence-electron chi connectivity index (χ0n) is 15.6. The molecule has 7 nitrogen and oxygen atoms in total. The van der Waals surface area contributed by atoms with Crippen LogP contribution in [0, 0.1) is 0 Å². The molecular formula is C18H16Cl2F3N3O4S. The third-order valence-electron chi connectivity index (χ3n) is 3.82. The van der Waals surface area contributed by atoms with Crippen molar-refractivity contribution in [3.8, 4) is 0 Å². The summed E-state index contributed by atoms with van der Waals surface area (Å²) in [5.74, 6) is -1.23. The molecule has 0 spiro atoms. The predicted octanol–water partition coefficient (Wildman–Crippen LogP) is 3.07. The molecule has 2 aromatic carbocycles. The molecule has 0 bridgehead atoms. The van der Waals surface area contributed by atoms with Crippen LogP contribution < -0.4 is 15.6 Å². The van der Waals surface area contributed by atoms with Crippen molar-refractivity contribution in [3.05, 3.63) is 63.6 Å². The van der Waals surface area contributed by atoms with Gasteiger partial charge >= 0.3 is 6.18 Å². The summed E-state index contributed by atoms with van der Waals surface area (Å²) >= 11 is 11.2. The van der Waals surface area contributed by atoms with Crippen molar-refractivity contribution in [1.29, 1.82) is 0 Å². The fraction of sp³-hybridized carbons (Fsp3) is 0.222. The summed E-state index contributed by atoms with van der Waals surface area (Å²) in [7, 11) is -4.32. The Kier molecular flexibility index (Phi) is 8.29. The van der Waals surface area contributed by atoms with E-state index in [-0.39, 0.29) is 12.8 Å². The molecule has 0 aliphatic rings. The Hall–Kier alpha value is -2.34. The van der Waals surface area contributed by atoms with E-state index in [1.807, 2.05) is 4.72 Å². The van der Waals surface area contributed by atoms with Crippen molar-refractivity contribution >= 4 is 45.0 Å². The van der Waals surface area contributed by atoms with Crippen LogP contribution in [0.1, 0.15) is 17.5 Å². The number of amides is 2. The SMILES string of the molecule is O=C(CCNS(=O)(=O)c1ccc(Cl)c(C(F)(F)F)c1)NNC(=O)Cc1ccc(Cl)cc1. The Balaban J connectivity index is 1.83. The molecule has 13 heteroatoms. The summed E-state index contributed by atoms with van der Waals surface area (Å²) in [5, 5.41) is -0.131. The quantitative estimate of drug-likeness (QED) is 0.511. The molecule has 2 amide bonds. The molecule has 0 radical (unpaired) electrons. The number of alkyl halides is 3. The minimum absolute atomic E-state index is 0.0256. The van der Waals surface area contributed by atoms with Gasteiger partial charge in [0.25, 0.3) is 0 Å². The van der Waals surface area contributed by atoms with E-state index in [4.69, 9.17) is 23.2 Å². The highest BCUT2D eigenvalue weighted by Gasteiger charge is 2.34. The number of carbonyl (C=O) groups excluding carboxylic acids is 2. The second-order valence-corrected chi connectivity index (χ2v) is 8.80. The van der Waals surface area contributed by atoms with Crippen LogP contribution in [0.25, 0.3) is 0 Å². The number of sulfonamides is 1. The van der Waals surface area contributed by atoms with Crippen LogP contribution in [0.5, 0.6) is 0 Å². The molecule has 2 aromatic rings. The monoisotopic (exact) mass is 497 g/mol. The highest BCUT2D eigenvalue weighted by atomic mass is 35.5. The van der Waals surface area contributed by atoms with Gasteiger partial charge < -0.3 is 0 Å². The third kappa shape index (κ3) is 7.69. The van der Waals surface area contributed by atoms with Crippen molar-refractivity contribution in [2.24, 2.45) is 0 Å². The van der Waals surface area contributed by atoms with Crippen molar-refractivity contribution in [2.75, 3.05) is 6.54 Å². The molecule has 0 aliphatic heterocycles. The minimum atomic E-state index is -4.83. The number of carbonyl (C=O) groups is 2. The van der Waals surface area contributed by atoms with Crippen molar-refractivity contribution in [1.82, 2.24) is 15.6 Å². The summed E-state index contributed by atoms with van der Waals surface area (Å²) in [6.45, 7) is -0.412. The highest BCUT2D eigenvalue weighted by molar-refractivity contribution is 7.89. The Morgan fingerprint density at radius 1 is 0.935 bits per heavy atom. The number of hydrogen-bond donors (Lipinski definition) is 3. The predicted molar refractivity (Wildman–Crippen MR) is 108 cm³/mol. The lowest BCUT2D eigenvalue weighted by Crippen LogP contribution is -2.43. The van der Waals surface area contributed by atoms with Gasteiger partial charge in [-0.15, -0.1) is 0 Å². The fourth-order valence-corrected chi connectivity index (χ4v) is 3.71. The van der Waals surface area contributed by atoms with Crippen LogP contribution in [-0.2, 0) is 32.2 Å². The van der Waals surface area contributed by atoms with Crippen molar-refractivity contribution < 1.29 is 31.2 Å². The lowest BCUT2D eigenvalue weighted by atomic mass is 10.1. The Morgan fingerprint density at radius 2 is 1.55 bits per heavy atom. The molecule has 0 aliphatic carbocycles. The molecule has 0 aromatic heterocycles. The summed E-state index contributed by atoms with van der Waals surface area (Å²) in [4.78, 5) is 22.9. The number of halogens is 5. The molecule has 168 valence electrons. The maximum atomic E-state index is 12.9. The van der Waals surface area contributed by atoms with Crippen LogP contribution >= 0.6 is 23.2 Å². The van der Waals surface area contributed by atoms with Crippen LogP contribution in [0.4, 0.5) is 13.2 Å². The number of rotatable bonds is 7. The highest BCUT2D eigenvalue weighted by Crippen LogP contribution is 2.35. The Labute approximate surface area is 185 Å². The van der Waals surface area contributed by atoms with Crippen LogP contribution in [0.2, 0.25) is 10.0 Å². The Bertz CT molecular complexity index is 1060. The third-order valence-corrected chi connectivity index (χ3v) is 5.86. The molecule has 0 heterocycles. The smallest absolute Gasteiger partial charge is 0.273 e. The maximum Gasteiger partial charge on any atom is 0.417 e. The molecular weight excluding hydrogens is 482 g/mol. The molecule has 31 heavy (non-hydrogen) atoms. The first kappa shape index (κ1) is 24.9. The zero-order chi connectivity index (χ0) is 23.2. The van der Waals surface area contributed by atoms with Gasteiger partial charge in [0.15, 0.2) is 0 Å². The number of hydrazine groups is 1. The average molecular weight is 498 g/mol. The molecule has 3 N–H and O–H groups in total. The number of benzene rings is 2. The van der Waals surface area contributed by atoms with Gasteiger partial charge in [-0.3, -0.25) is 20.4 Å². The van der Waals surface area contributed by atoms with Gasteiger partial charge in [0, 0.05) is 18.0 Å². The normalized spacial score (nSPS) is 11.8. The van der Waals surface area contributed by atoms with Gasteiger partial charge in [-0.1, -0.05) is 35.3 Å². The number of nitrogens with one attached hydrogen (secondary N) is 3. The van der Waals surface area contributed by atoms with E-state index >= 15 is 0 Å². The molecule has 0 unspecified atom stereocenters. The summed E-state index contributed by atoms with van der Waals surface area (Å²) in [6, 6.07) is 8.62. The summed E-state index contributed by atoms with van der Waals surface area (Å²) < 4.78 is 65.0. The molecule has 2 rings (SSSR count). The number of hydrogen-bond acceptors (Lipinski definition) is 4. The second kappa shape index (κ2) is 10.3. The molecule has 0 fully saturated rings. The maximum absolute atomic E-state index is 12.9. The topological polar surface area (TPSA) is 104 Å². The Morgan fingerprint density at radius 3 is 2.16 bits per heavy atom. The summed E-state index contributed by atoms with van der Waals surface area (Å²) in [5.41, 5.74) is 3.64. The zero-order valence-corrected chi connectivity index (χ0v) is 17.9. The van der Waals surface area contributed by atoms with E-state index in [9.17, 15) is 31.2 Å².